The van der Waals surface area contributed by atoms with E-state index in [1.54, 1.807) is 19.2 Å². The van der Waals surface area contributed by atoms with Crippen molar-refractivity contribution in [3.63, 3.8) is 0 Å². The highest BCUT2D eigenvalue weighted by Crippen LogP contribution is 2.32. The maximum absolute atomic E-state index is 14.0. The summed E-state index contributed by atoms with van der Waals surface area (Å²) >= 11 is 6.11. The highest BCUT2D eigenvalue weighted by molar-refractivity contribution is 6.31. The van der Waals surface area contributed by atoms with Crippen LogP contribution in [0.4, 0.5) is 4.39 Å². The lowest BCUT2D eigenvalue weighted by Crippen LogP contribution is -2.14. The minimum atomic E-state index is -0.388. The van der Waals surface area contributed by atoms with Gasteiger partial charge in [-0.3, -0.25) is 0 Å². The first-order chi connectivity index (χ1) is 13.6. The van der Waals surface area contributed by atoms with E-state index in [9.17, 15) is 4.39 Å². The van der Waals surface area contributed by atoms with Crippen molar-refractivity contribution in [2.75, 3.05) is 7.11 Å². The molecule has 28 heavy (non-hydrogen) atoms. The molecule has 0 saturated carbocycles. The molecule has 3 aromatic rings. The van der Waals surface area contributed by atoms with Gasteiger partial charge in [-0.25, -0.2) is 4.39 Å². The minimum Gasteiger partial charge on any atom is -0.493 e. The van der Waals surface area contributed by atoms with Crippen molar-refractivity contribution < 1.29 is 13.9 Å². The van der Waals surface area contributed by atoms with Gasteiger partial charge in [0.25, 0.3) is 0 Å². The molecule has 146 valence electrons. The second kappa shape index (κ2) is 9.58. The zero-order chi connectivity index (χ0) is 19.9. The van der Waals surface area contributed by atoms with Crippen molar-refractivity contribution in [3.8, 4) is 11.5 Å². The lowest BCUT2D eigenvalue weighted by atomic mass is 10.1. The maximum Gasteiger partial charge on any atom is 0.166 e. The van der Waals surface area contributed by atoms with E-state index in [0.29, 0.717) is 28.6 Å². The van der Waals surface area contributed by atoms with Crippen molar-refractivity contribution in [1.29, 1.82) is 0 Å². The van der Waals surface area contributed by atoms with Crippen molar-refractivity contribution in [2.24, 2.45) is 0 Å². The molecule has 0 aromatic heterocycles. The molecule has 3 aromatic carbocycles. The van der Waals surface area contributed by atoms with Crippen LogP contribution in [-0.4, -0.2) is 7.11 Å². The number of aryl methyl sites for hydroxylation is 1. The number of hydrogen-bond donors (Lipinski definition) is 1. The molecule has 0 atom stereocenters. The number of ether oxygens (including phenoxy) is 2. The molecule has 0 unspecified atom stereocenters. The first-order valence-electron chi connectivity index (χ1n) is 9.06. The number of halogens is 2. The second-order valence-electron chi connectivity index (χ2n) is 6.53. The largest absolute Gasteiger partial charge is 0.493 e. The first-order valence-corrected chi connectivity index (χ1v) is 9.44. The smallest absolute Gasteiger partial charge is 0.166 e. The highest BCUT2D eigenvalue weighted by Gasteiger charge is 2.13. The van der Waals surface area contributed by atoms with Gasteiger partial charge in [0.05, 0.1) is 12.1 Å². The van der Waals surface area contributed by atoms with E-state index in [2.05, 4.69) is 36.5 Å². The topological polar surface area (TPSA) is 30.5 Å². The molecule has 0 radical (unpaired) electrons. The first kappa shape index (κ1) is 20.2. The van der Waals surface area contributed by atoms with Gasteiger partial charge in [-0.15, -0.1) is 0 Å². The van der Waals surface area contributed by atoms with Gasteiger partial charge in [0.2, 0.25) is 0 Å². The lowest BCUT2D eigenvalue weighted by Gasteiger charge is -2.16. The Balaban J connectivity index is 1.72. The minimum absolute atomic E-state index is 0.0246. The van der Waals surface area contributed by atoms with Crippen molar-refractivity contribution in [3.05, 3.63) is 93.8 Å². The van der Waals surface area contributed by atoms with Gasteiger partial charge in [0, 0.05) is 24.2 Å². The van der Waals surface area contributed by atoms with Gasteiger partial charge in [0.15, 0.2) is 11.5 Å². The zero-order valence-corrected chi connectivity index (χ0v) is 16.7. The van der Waals surface area contributed by atoms with Gasteiger partial charge in [0.1, 0.15) is 12.4 Å². The van der Waals surface area contributed by atoms with Crippen LogP contribution in [0.5, 0.6) is 11.5 Å². The average molecular weight is 400 g/mol. The Hall–Kier alpha value is -2.56. The highest BCUT2D eigenvalue weighted by atomic mass is 35.5. The molecule has 3 nitrogen and oxygen atoms in total. The zero-order valence-electron chi connectivity index (χ0n) is 16.0. The Morgan fingerprint density at radius 3 is 2.43 bits per heavy atom. The third-order valence-electron chi connectivity index (χ3n) is 4.47. The van der Waals surface area contributed by atoms with Gasteiger partial charge >= 0.3 is 0 Å². The van der Waals surface area contributed by atoms with Crippen LogP contribution in [0.2, 0.25) is 5.02 Å². The number of methoxy groups -OCH3 is 1. The standard InChI is InChI=1S/C23H23ClFNO2/c1-16-9-11-17(12-10-16)13-26-14-18-5-3-8-22(27-2)23(18)28-15-19-20(24)6-4-7-21(19)25/h3-12,26H,13-15H2,1-2H3. The maximum atomic E-state index is 14.0. The Bertz CT molecular complexity index is 908. The third-order valence-corrected chi connectivity index (χ3v) is 4.82. The van der Waals surface area contributed by atoms with Crippen LogP contribution in [0.15, 0.2) is 60.7 Å². The SMILES string of the molecule is COc1cccc(CNCc2ccc(C)cc2)c1OCc1c(F)cccc1Cl. The number of nitrogens with one attached hydrogen (secondary N) is 1. The summed E-state index contributed by atoms with van der Waals surface area (Å²) in [6.07, 6.45) is 0. The second-order valence-corrected chi connectivity index (χ2v) is 6.93. The van der Waals surface area contributed by atoms with Gasteiger partial charge in [-0.2, -0.15) is 0 Å². The molecular formula is C23H23ClFNO2. The predicted octanol–water partition coefficient (Wildman–Crippen LogP) is 5.66. The van der Waals surface area contributed by atoms with E-state index in [0.717, 1.165) is 12.1 Å². The molecular weight excluding hydrogens is 377 g/mol. The molecule has 0 saturated heterocycles. The summed E-state index contributed by atoms with van der Waals surface area (Å²) in [4.78, 5) is 0. The van der Waals surface area contributed by atoms with Crippen LogP contribution >= 0.6 is 11.6 Å². The summed E-state index contributed by atoms with van der Waals surface area (Å²) in [6, 6.07) is 18.7. The summed E-state index contributed by atoms with van der Waals surface area (Å²) in [5.74, 6) is 0.796. The Morgan fingerprint density at radius 2 is 1.71 bits per heavy atom. The van der Waals surface area contributed by atoms with Crippen LogP contribution < -0.4 is 14.8 Å². The van der Waals surface area contributed by atoms with E-state index in [1.807, 2.05) is 18.2 Å². The average Bonchev–Trinajstić information content (AvgIpc) is 2.69. The summed E-state index contributed by atoms with van der Waals surface area (Å²) in [5, 5.41) is 3.76. The van der Waals surface area contributed by atoms with Gasteiger partial charge in [-0.1, -0.05) is 59.6 Å². The van der Waals surface area contributed by atoms with E-state index in [-0.39, 0.29) is 12.4 Å². The molecule has 0 bridgehead atoms. The van der Waals surface area contributed by atoms with E-state index in [4.69, 9.17) is 21.1 Å². The fourth-order valence-electron chi connectivity index (χ4n) is 2.89. The van der Waals surface area contributed by atoms with Crippen molar-refractivity contribution in [1.82, 2.24) is 5.32 Å². The van der Waals surface area contributed by atoms with Crippen LogP contribution in [0.25, 0.3) is 0 Å². The van der Waals surface area contributed by atoms with Gasteiger partial charge in [-0.05, 0) is 30.7 Å². The Labute approximate surface area is 170 Å². The molecule has 0 aliphatic carbocycles. The normalized spacial score (nSPS) is 10.7. The van der Waals surface area contributed by atoms with Crippen LogP contribution in [0.3, 0.4) is 0 Å². The van der Waals surface area contributed by atoms with Crippen molar-refractivity contribution in [2.45, 2.75) is 26.6 Å². The number of para-hydroxylation sites is 1. The fraction of sp³-hybridized carbons (Fsp3) is 0.217. The molecule has 0 heterocycles. The van der Waals surface area contributed by atoms with Crippen LogP contribution in [0.1, 0.15) is 22.3 Å². The summed E-state index contributed by atoms with van der Waals surface area (Å²) in [6.45, 7) is 3.41. The van der Waals surface area contributed by atoms with E-state index < -0.39 is 0 Å². The van der Waals surface area contributed by atoms with Gasteiger partial charge < -0.3 is 14.8 Å². The number of hydrogen-bond acceptors (Lipinski definition) is 3. The molecule has 3 rings (SSSR count). The Kier molecular flexibility index (Phi) is 6.90. The summed E-state index contributed by atoms with van der Waals surface area (Å²) in [5.41, 5.74) is 3.70. The molecule has 0 aliphatic rings. The molecule has 5 heteroatoms. The monoisotopic (exact) mass is 399 g/mol. The van der Waals surface area contributed by atoms with Crippen molar-refractivity contribution >= 4 is 11.6 Å². The summed E-state index contributed by atoms with van der Waals surface area (Å²) < 4.78 is 25.4. The molecule has 0 aliphatic heterocycles. The molecule has 0 amide bonds. The van der Waals surface area contributed by atoms with E-state index >= 15 is 0 Å². The lowest BCUT2D eigenvalue weighted by molar-refractivity contribution is 0.276. The van der Waals surface area contributed by atoms with E-state index in [1.165, 1.54) is 17.2 Å². The third kappa shape index (κ3) is 5.03. The Morgan fingerprint density at radius 1 is 0.964 bits per heavy atom. The summed E-state index contributed by atoms with van der Waals surface area (Å²) in [7, 11) is 1.59. The molecule has 0 fully saturated rings. The predicted molar refractivity (Wildman–Crippen MR) is 110 cm³/mol. The molecule has 0 spiro atoms. The van der Waals surface area contributed by atoms with Crippen LogP contribution in [-0.2, 0) is 19.7 Å². The quantitative estimate of drug-likeness (QED) is 0.529. The number of rotatable bonds is 8. The fourth-order valence-corrected chi connectivity index (χ4v) is 3.10. The number of benzene rings is 3. The van der Waals surface area contributed by atoms with Crippen LogP contribution in [0, 0.1) is 12.7 Å². The molecule has 1 N–H and O–H groups in total.